The number of guanidine groups is 1. The summed E-state index contributed by atoms with van der Waals surface area (Å²) in [6.45, 7) is 1.68. The lowest BCUT2D eigenvalue weighted by Crippen LogP contribution is -2.62. The van der Waals surface area contributed by atoms with E-state index in [1.807, 2.05) is 5.32 Å². The topological polar surface area (TPSA) is 276 Å². The lowest BCUT2D eigenvalue weighted by Gasteiger charge is -2.27. The van der Waals surface area contributed by atoms with Gasteiger partial charge in [-0.25, -0.2) is 4.79 Å². The molecule has 32 heavy (non-hydrogen) atoms. The van der Waals surface area contributed by atoms with Gasteiger partial charge in [0.2, 0.25) is 17.7 Å². The maximum absolute atomic E-state index is 12.6. The van der Waals surface area contributed by atoms with Gasteiger partial charge in [0.05, 0.1) is 24.9 Å². The molecule has 0 saturated heterocycles. The van der Waals surface area contributed by atoms with E-state index in [9.17, 15) is 29.4 Å². The van der Waals surface area contributed by atoms with Gasteiger partial charge in [-0.3, -0.25) is 19.4 Å². The minimum absolute atomic E-state index is 0.112. The van der Waals surface area contributed by atoms with Crippen molar-refractivity contribution in [1.82, 2.24) is 16.0 Å². The molecule has 0 bridgehead atoms. The highest BCUT2D eigenvalue weighted by atomic mass is 16.4. The Morgan fingerprint density at radius 3 is 1.78 bits per heavy atom. The lowest BCUT2D eigenvalue weighted by atomic mass is 10.1. The summed E-state index contributed by atoms with van der Waals surface area (Å²) in [5.41, 5.74) is 16.1. The van der Waals surface area contributed by atoms with Gasteiger partial charge in [0.1, 0.15) is 18.1 Å². The first-order valence-corrected chi connectivity index (χ1v) is 9.73. The molecule has 0 aromatic heterocycles. The second-order valence-corrected chi connectivity index (χ2v) is 7.09. The Kier molecular flexibility index (Phi) is 12.8. The summed E-state index contributed by atoms with van der Waals surface area (Å²) in [5.74, 6) is -4.53. The molecule has 0 fully saturated rings. The van der Waals surface area contributed by atoms with Crippen LogP contribution < -0.4 is 33.2 Å². The largest absolute Gasteiger partial charge is 0.480 e. The normalized spacial score (nSPS) is 16.4. The van der Waals surface area contributed by atoms with Crippen molar-refractivity contribution in [3.8, 4) is 0 Å². The number of rotatable bonds is 14. The van der Waals surface area contributed by atoms with E-state index in [0.29, 0.717) is 6.42 Å². The van der Waals surface area contributed by atoms with Crippen LogP contribution in [0.4, 0.5) is 0 Å². The predicted octanol–water partition coefficient (Wildman–Crippen LogP) is -5.34. The van der Waals surface area contributed by atoms with E-state index >= 15 is 0 Å². The molecule has 0 aromatic carbocycles. The summed E-state index contributed by atoms with van der Waals surface area (Å²) in [4.78, 5) is 51.8. The fourth-order valence-electron chi connectivity index (χ4n) is 2.41. The van der Waals surface area contributed by atoms with E-state index in [0.717, 1.165) is 6.92 Å². The Morgan fingerprint density at radius 1 is 0.906 bits per heavy atom. The number of nitrogens with one attached hydrogen (secondary N) is 3. The first-order valence-electron chi connectivity index (χ1n) is 9.73. The number of carbonyl (C=O) groups excluding carboxylic acids is 3. The standard InChI is InChI=1S/C17H33N7O8/c1-7(26)11(14(29)22-10(6-25)16(31)32)24-15(30)12(8(2)27)23-13(28)9(18)4-3-5-21-17(19)20/h7-12,25-27H,3-6,18H2,1-2H3,(H,22,29)(H,23,28)(H,24,30)(H,31,32)(H4,19,20,21). The Bertz CT molecular complexity index is 682. The molecule has 0 radical (unpaired) electrons. The zero-order valence-corrected chi connectivity index (χ0v) is 17.9. The van der Waals surface area contributed by atoms with Crippen LogP contribution in [0.15, 0.2) is 4.99 Å². The molecule has 0 spiro atoms. The second kappa shape index (κ2) is 14.1. The average molecular weight is 463 g/mol. The summed E-state index contributed by atoms with van der Waals surface area (Å²) < 4.78 is 0. The quantitative estimate of drug-likeness (QED) is 0.0659. The minimum Gasteiger partial charge on any atom is -0.480 e. The molecule has 0 aliphatic rings. The molecule has 184 valence electrons. The van der Waals surface area contributed by atoms with Gasteiger partial charge in [-0.2, -0.15) is 0 Å². The number of hydrogen-bond acceptors (Lipinski definition) is 9. The summed E-state index contributed by atoms with van der Waals surface area (Å²) in [5, 5.41) is 44.0. The number of aliphatic hydroxyl groups excluding tert-OH is 3. The van der Waals surface area contributed by atoms with Crippen molar-refractivity contribution >= 4 is 29.7 Å². The van der Waals surface area contributed by atoms with Crippen LogP contribution in [0.25, 0.3) is 0 Å². The molecule has 6 atom stereocenters. The number of nitrogens with two attached hydrogens (primary N) is 3. The number of amides is 3. The third-order valence-corrected chi connectivity index (χ3v) is 4.23. The van der Waals surface area contributed by atoms with Crippen molar-refractivity contribution in [2.75, 3.05) is 13.2 Å². The van der Waals surface area contributed by atoms with Gasteiger partial charge in [-0.15, -0.1) is 0 Å². The number of aliphatic carboxylic acids is 1. The molecule has 0 heterocycles. The van der Waals surface area contributed by atoms with Crippen molar-refractivity contribution in [1.29, 1.82) is 0 Å². The van der Waals surface area contributed by atoms with Crippen LogP contribution in [-0.2, 0) is 19.2 Å². The van der Waals surface area contributed by atoms with Crippen molar-refractivity contribution in [3.05, 3.63) is 0 Å². The molecular formula is C17H33N7O8. The van der Waals surface area contributed by atoms with E-state index in [-0.39, 0.29) is 18.9 Å². The van der Waals surface area contributed by atoms with Crippen molar-refractivity contribution < 1.29 is 39.6 Å². The Balaban J connectivity index is 5.14. The van der Waals surface area contributed by atoms with E-state index in [4.69, 9.17) is 27.4 Å². The summed E-state index contributed by atoms with van der Waals surface area (Å²) in [6.07, 6.45) is -2.34. The van der Waals surface area contributed by atoms with E-state index in [1.54, 1.807) is 0 Å². The van der Waals surface area contributed by atoms with Crippen LogP contribution in [0, 0.1) is 0 Å². The van der Waals surface area contributed by atoms with Crippen molar-refractivity contribution in [3.63, 3.8) is 0 Å². The minimum atomic E-state index is -1.66. The molecule has 0 aromatic rings. The predicted molar refractivity (Wildman–Crippen MR) is 112 cm³/mol. The van der Waals surface area contributed by atoms with Gasteiger partial charge in [-0.05, 0) is 26.7 Å². The average Bonchev–Trinajstić information content (AvgIpc) is 2.69. The third kappa shape index (κ3) is 10.3. The van der Waals surface area contributed by atoms with Gasteiger partial charge in [-0.1, -0.05) is 0 Å². The number of aliphatic hydroxyl groups is 3. The SMILES string of the molecule is CC(O)C(NC(=O)C(N)CCCN=C(N)N)C(=O)NC(C(=O)NC(CO)C(=O)O)C(C)O. The van der Waals surface area contributed by atoms with Crippen molar-refractivity contribution in [2.24, 2.45) is 22.2 Å². The van der Waals surface area contributed by atoms with Gasteiger partial charge in [0.15, 0.2) is 5.96 Å². The summed E-state index contributed by atoms with van der Waals surface area (Å²) >= 11 is 0. The highest BCUT2D eigenvalue weighted by molar-refractivity contribution is 5.94. The van der Waals surface area contributed by atoms with E-state index < -0.39 is 66.7 Å². The smallest absolute Gasteiger partial charge is 0.328 e. The van der Waals surface area contributed by atoms with Gasteiger partial charge < -0.3 is 53.6 Å². The monoisotopic (exact) mass is 463 g/mol. The number of carboxylic acid groups (broad SMARTS) is 1. The first-order chi connectivity index (χ1) is 14.8. The molecule has 0 aliphatic heterocycles. The molecule has 0 rings (SSSR count). The van der Waals surface area contributed by atoms with E-state index in [1.165, 1.54) is 6.92 Å². The van der Waals surface area contributed by atoms with Crippen LogP contribution in [0.1, 0.15) is 26.7 Å². The molecule has 0 saturated carbocycles. The Morgan fingerprint density at radius 2 is 1.38 bits per heavy atom. The van der Waals surface area contributed by atoms with Crippen LogP contribution in [0.5, 0.6) is 0 Å². The molecule has 3 amide bonds. The van der Waals surface area contributed by atoms with Gasteiger partial charge >= 0.3 is 5.97 Å². The van der Waals surface area contributed by atoms with E-state index in [2.05, 4.69) is 15.6 Å². The third-order valence-electron chi connectivity index (χ3n) is 4.23. The highest BCUT2D eigenvalue weighted by Crippen LogP contribution is 2.02. The van der Waals surface area contributed by atoms with Crippen LogP contribution in [0.2, 0.25) is 0 Å². The lowest BCUT2D eigenvalue weighted by molar-refractivity contribution is -0.144. The summed E-state index contributed by atoms with van der Waals surface area (Å²) in [6, 6.07) is -5.88. The first kappa shape index (κ1) is 29.0. The number of aliphatic imine (C=N–C) groups is 1. The van der Waals surface area contributed by atoms with Crippen LogP contribution in [-0.4, -0.2) is 99.6 Å². The zero-order valence-electron chi connectivity index (χ0n) is 17.9. The highest BCUT2D eigenvalue weighted by Gasteiger charge is 2.34. The fraction of sp³-hybridized carbons (Fsp3) is 0.706. The molecule has 0 aliphatic carbocycles. The number of carbonyl (C=O) groups is 4. The van der Waals surface area contributed by atoms with Crippen molar-refractivity contribution in [2.45, 2.75) is 63.1 Å². The Hall–Kier alpha value is -3.01. The fourth-order valence-corrected chi connectivity index (χ4v) is 2.41. The van der Waals surface area contributed by atoms with Gasteiger partial charge in [0.25, 0.3) is 0 Å². The molecule has 15 nitrogen and oxygen atoms in total. The second-order valence-electron chi connectivity index (χ2n) is 7.09. The maximum Gasteiger partial charge on any atom is 0.328 e. The van der Waals surface area contributed by atoms with Gasteiger partial charge in [0, 0.05) is 6.54 Å². The molecule has 15 heteroatoms. The Labute approximate surface area is 184 Å². The summed E-state index contributed by atoms with van der Waals surface area (Å²) in [7, 11) is 0. The number of carboxylic acids is 1. The molecular weight excluding hydrogens is 430 g/mol. The molecule has 13 N–H and O–H groups in total. The number of nitrogens with zero attached hydrogens (tertiary/aromatic N) is 1. The van der Waals surface area contributed by atoms with Crippen LogP contribution in [0.3, 0.4) is 0 Å². The molecule has 6 unspecified atom stereocenters. The van der Waals surface area contributed by atoms with Crippen LogP contribution >= 0.6 is 0 Å². The number of hydrogen-bond donors (Lipinski definition) is 10. The maximum atomic E-state index is 12.6. The zero-order chi connectivity index (χ0) is 25.0.